The molecule has 5 heteroatoms. The maximum atomic E-state index is 12.6. The summed E-state index contributed by atoms with van der Waals surface area (Å²) in [7, 11) is 0. The van der Waals surface area contributed by atoms with E-state index in [2.05, 4.69) is 5.32 Å². The molecule has 2 rings (SSSR count). The Kier molecular flexibility index (Phi) is 4.34. The van der Waals surface area contributed by atoms with E-state index in [0.29, 0.717) is 5.92 Å². The van der Waals surface area contributed by atoms with Crippen molar-refractivity contribution in [2.75, 3.05) is 13.1 Å². The van der Waals surface area contributed by atoms with Crippen molar-refractivity contribution in [3.63, 3.8) is 0 Å². The molecule has 19 heavy (non-hydrogen) atoms. The normalized spacial score (nSPS) is 22.0. The quantitative estimate of drug-likeness (QED) is 0.910. The van der Waals surface area contributed by atoms with E-state index in [-0.39, 0.29) is 11.9 Å². The van der Waals surface area contributed by atoms with Crippen LogP contribution in [0.5, 0.6) is 5.75 Å². The van der Waals surface area contributed by atoms with Crippen LogP contribution >= 0.6 is 0 Å². The van der Waals surface area contributed by atoms with Gasteiger partial charge in [-0.15, -0.1) is 0 Å². The van der Waals surface area contributed by atoms with Crippen LogP contribution in [0, 0.1) is 5.92 Å². The fraction of sp³-hybridized carbons (Fsp3) is 0.571. The zero-order chi connectivity index (χ0) is 13.9. The molecule has 1 fully saturated rings. The molecule has 2 unspecified atom stereocenters. The van der Waals surface area contributed by atoms with Crippen LogP contribution in [0.2, 0.25) is 0 Å². The van der Waals surface area contributed by atoms with Gasteiger partial charge in [0.05, 0.1) is 11.7 Å². The van der Waals surface area contributed by atoms with Gasteiger partial charge in [-0.1, -0.05) is 6.07 Å². The lowest BCUT2D eigenvalue weighted by Crippen LogP contribution is -2.37. The van der Waals surface area contributed by atoms with Gasteiger partial charge in [-0.2, -0.15) is 13.2 Å². The number of nitrogens with one attached hydrogen (secondary N) is 1. The summed E-state index contributed by atoms with van der Waals surface area (Å²) >= 11 is 0. The Labute approximate surface area is 111 Å². The summed E-state index contributed by atoms with van der Waals surface area (Å²) in [5.41, 5.74) is -0.668. The molecule has 2 atom stereocenters. The molecule has 0 amide bonds. The predicted octanol–water partition coefficient (Wildman–Crippen LogP) is 3.47. The van der Waals surface area contributed by atoms with Gasteiger partial charge in [0.2, 0.25) is 0 Å². The number of benzene rings is 1. The fourth-order valence-electron chi connectivity index (χ4n) is 2.34. The Bertz CT molecular complexity index is 413. The zero-order valence-electron chi connectivity index (χ0n) is 10.8. The number of hydrogen-bond donors (Lipinski definition) is 1. The molecule has 106 valence electrons. The Morgan fingerprint density at radius 1 is 1.37 bits per heavy atom. The SMILES string of the molecule is CC(Oc1cccc(C(F)(F)F)c1)C1CCCNC1. The first-order chi connectivity index (χ1) is 8.97. The number of ether oxygens (including phenoxy) is 1. The standard InChI is InChI=1S/C14H18F3NO/c1-10(11-4-3-7-18-9-11)19-13-6-2-5-12(8-13)14(15,16)17/h2,5-6,8,10-11,18H,3-4,7,9H2,1H3. The van der Waals surface area contributed by atoms with Crippen LogP contribution in [0.15, 0.2) is 24.3 Å². The second kappa shape index (κ2) is 5.82. The highest BCUT2D eigenvalue weighted by Crippen LogP contribution is 2.32. The van der Waals surface area contributed by atoms with Gasteiger partial charge in [-0.3, -0.25) is 0 Å². The van der Waals surface area contributed by atoms with Gasteiger partial charge in [0.25, 0.3) is 0 Å². The second-order valence-electron chi connectivity index (χ2n) is 4.95. The molecule has 0 aromatic heterocycles. The highest BCUT2D eigenvalue weighted by atomic mass is 19.4. The van der Waals surface area contributed by atoms with Gasteiger partial charge in [0.15, 0.2) is 0 Å². The van der Waals surface area contributed by atoms with E-state index in [1.165, 1.54) is 6.07 Å². The summed E-state index contributed by atoms with van der Waals surface area (Å²) in [6.07, 6.45) is -2.28. The summed E-state index contributed by atoms with van der Waals surface area (Å²) in [6.45, 7) is 3.78. The number of piperidine rings is 1. The van der Waals surface area contributed by atoms with Crippen LogP contribution < -0.4 is 10.1 Å². The number of rotatable bonds is 3. The maximum Gasteiger partial charge on any atom is 0.416 e. The summed E-state index contributed by atoms with van der Waals surface area (Å²) in [6, 6.07) is 5.07. The number of hydrogen-bond acceptors (Lipinski definition) is 2. The van der Waals surface area contributed by atoms with E-state index in [9.17, 15) is 13.2 Å². The first kappa shape index (κ1) is 14.2. The summed E-state index contributed by atoms with van der Waals surface area (Å²) in [5, 5.41) is 3.28. The molecule has 0 radical (unpaired) electrons. The lowest BCUT2D eigenvalue weighted by molar-refractivity contribution is -0.137. The monoisotopic (exact) mass is 273 g/mol. The zero-order valence-corrected chi connectivity index (χ0v) is 10.8. The summed E-state index contributed by atoms with van der Waals surface area (Å²) in [4.78, 5) is 0. The van der Waals surface area contributed by atoms with Gasteiger partial charge in [-0.05, 0) is 44.5 Å². The van der Waals surface area contributed by atoms with Crippen LogP contribution in [0.3, 0.4) is 0 Å². The molecule has 1 saturated heterocycles. The Balaban J connectivity index is 2.02. The third-order valence-electron chi connectivity index (χ3n) is 3.48. The van der Waals surface area contributed by atoms with Gasteiger partial charge in [0.1, 0.15) is 5.75 Å². The molecular weight excluding hydrogens is 255 g/mol. The Hall–Kier alpha value is -1.23. The molecule has 0 saturated carbocycles. The van der Waals surface area contributed by atoms with E-state index in [4.69, 9.17) is 4.74 Å². The molecule has 0 spiro atoms. The van der Waals surface area contributed by atoms with E-state index in [1.54, 1.807) is 6.07 Å². The highest BCUT2D eigenvalue weighted by Gasteiger charge is 2.31. The topological polar surface area (TPSA) is 21.3 Å². The molecule has 1 N–H and O–H groups in total. The van der Waals surface area contributed by atoms with Crippen LogP contribution in [0.1, 0.15) is 25.3 Å². The molecule has 1 heterocycles. The smallest absolute Gasteiger partial charge is 0.416 e. The van der Waals surface area contributed by atoms with E-state index in [0.717, 1.165) is 38.1 Å². The van der Waals surface area contributed by atoms with Crippen molar-refractivity contribution >= 4 is 0 Å². The van der Waals surface area contributed by atoms with E-state index in [1.807, 2.05) is 6.92 Å². The minimum absolute atomic E-state index is 0.0868. The molecule has 1 aliphatic rings. The molecule has 1 aromatic carbocycles. The van der Waals surface area contributed by atoms with E-state index < -0.39 is 11.7 Å². The lowest BCUT2D eigenvalue weighted by Gasteiger charge is -2.28. The van der Waals surface area contributed by atoms with Crippen LogP contribution in [-0.4, -0.2) is 19.2 Å². The van der Waals surface area contributed by atoms with Crippen molar-refractivity contribution in [1.29, 1.82) is 0 Å². The van der Waals surface area contributed by atoms with Gasteiger partial charge in [0, 0.05) is 12.5 Å². The first-order valence-electron chi connectivity index (χ1n) is 6.51. The van der Waals surface area contributed by atoms with Crippen molar-refractivity contribution in [2.24, 2.45) is 5.92 Å². The van der Waals surface area contributed by atoms with Crippen LogP contribution in [0.4, 0.5) is 13.2 Å². The molecule has 1 aromatic rings. The Morgan fingerprint density at radius 3 is 2.79 bits per heavy atom. The molecule has 0 bridgehead atoms. The molecule has 1 aliphatic heterocycles. The van der Waals surface area contributed by atoms with Gasteiger partial charge in [-0.25, -0.2) is 0 Å². The predicted molar refractivity (Wildman–Crippen MR) is 67.1 cm³/mol. The van der Waals surface area contributed by atoms with Crippen LogP contribution in [0.25, 0.3) is 0 Å². The van der Waals surface area contributed by atoms with Crippen molar-refractivity contribution in [2.45, 2.75) is 32.0 Å². The molecule has 0 aliphatic carbocycles. The third-order valence-corrected chi connectivity index (χ3v) is 3.48. The van der Waals surface area contributed by atoms with E-state index >= 15 is 0 Å². The third kappa shape index (κ3) is 3.86. The maximum absolute atomic E-state index is 12.6. The molecule has 2 nitrogen and oxygen atoms in total. The average molecular weight is 273 g/mol. The summed E-state index contributed by atoms with van der Waals surface area (Å²) in [5.74, 6) is 0.635. The number of alkyl halides is 3. The van der Waals surface area contributed by atoms with Crippen molar-refractivity contribution < 1.29 is 17.9 Å². The molecular formula is C14H18F3NO. The lowest BCUT2D eigenvalue weighted by atomic mass is 9.94. The van der Waals surface area contributed by atoms with Gasteiger partial charge >= 0.3 is 6.18 Å². The largest absolute Gasteiger partial charge is 0.490 e. The number of halogens is 3. The van der Waals surface area contributed by atoms with Crippen molar-refractivity contribution in [3.05, 3.63) is 29.8 Å². The van der Waals surface area contributed by atoms with Crippen molar-refractivity contribution in [3.8, 4) is 5.75 Å². The van der Waals surface area contributed by atoms with Gasteiger partial charge < -0.3 is 10.1 Å². The Morgan fingerprint density at radius 2 is 2.16 bits per heavy atom. The summed E-state index contributed by atoms with van der Waals surface area (Å²) < 4.78 is 43.4. The minimum atomic E-state index is -4.32. The van der Waals surface area contributed by atoms with Crippen LogP contribution in [-0.2, 0) is 6.18 Å². The average Bonchev–Trinajstić information content (AvgIpc) is 2.39. The second-order valence-corrected chi connectivity index (χ2v) is 4.95. The minimum Gasteiger partial charge on any atom is -0.490 e. The highest BCUT2D eigenvalue weighted by molar-refractivity contribution is 5.30. The first-order valence-corrected chi connectivity index (χ1v) is 6.51. The van der Waals surface area contributed by atoms with Crippen molar-refractivity contribution in [1.82, 2.24) is 5.32 Å². The fourth-order valence-corrected chi connectivity index (χ4v) is 2.34.